The zero-order valence-electron chi connectivity index (χ0n) is 10.9. The van der Waals surface area contributed by atoms with Crippen LogP contribution in [0, 0.1) is 6.92 Å². The number of aromatic nitrogens is 4. The summed E-state index contributed by atoms with van der Waals surface area (Å²) in [5.41, 5.74) is 3.91. The predicted octanol–water partition coefficient (Wildman–Crippen LogP) is 2.45. The summed E-state index contributed by atoms with van der Waals surface area (Å²) >= 11 is 0. The molecule has 3 aromatic rings. The Hall–Kier alpha value is -2.76. The molecule has 0 aliphatic heterocycles. The van der Waals surface area contributed by atoms with E-state index in [-0.39, 0.29) is 0 Å². The summed E-state index contributed by atoms with van der Waals surface area (Å²) in [6, 6.07) is 5.95. The zero-order valence-corrected chi connectivity index (χ0v) is 10.9. The Morgan fingerprint density at radius 1 is 1.25 bits per heavy atom. The van der Waals surface area contributed by atoms with Gasteiger partial charge in [-0.15, -0.1) is 10.2 Å². The van der Waals surface area contributed by atoms with Gasteiger partial charge in [-0.05, 0) is 24.6 Å². The Bertz CT molecular complexity index is 682. The number of hydrogen-bond donors (Lipinski definition) is 1. The van der Waals surface area contributed by atoms with Crippen molar-refractivity contribution in [3.63, 3.8) is 0 Å². The molecule has 0 saturated heterocycles. The molecule has 3 rings (SSSR count). The molecule has 6 nitrogen and oxygen atoms in total. The van der Waals surface area contributed by atoms with E-state index in [0.29, 0.717) is 12.4 Å². The lowest BCUT2D eigenvalue weighted by Gasteiger charge is -2.10. The molecule has 0 amide bonds. The number of hydrogen-bond acceptors (Lipinski definition) is 6. The van der Waals surface area contributed by atoms with Crippen LogP contribution in [-0.4, -0.2) is 20.2 Å². The number of anilines is 1. The highest BCUT2D eigenvalue weighted by Gasteiger charge is 2.06. The second-order valence-corrected chi connectivity index (χ2v) is 4.32. The molecule has 0 aliphatic rings. The van der Waals surface area contributed by atoms with E-state index >= 15 is 0 Å². The topological polar surface area (TPSA) is 76.7 Å². The highest BCUT2D eigenvalue weighted by Crippen LogP contribution is 2.24. The van der Waals surface area contributed by atoms with Gasteiger partial charge in [-0.25, -0.2) is 0 Å². The van der Waals surface area contributed by atoms with E-state index in [0.717, 1.165) is 22.5 Å². The Labute approximate surface area is 115 Å². The minimum Gasteiger partial charge on any atom is -0.423 e. The van der Waals surface area contributed by atoms with Crippen LogP contribution in [0.5, 0.6) is 0 Å². The maximum atomic E-state index is 5.20. The molecular weight excluding hydrogens is 254 g/mol. The van der Waals surface area contributed by atoms with Gasteiger partial charge in [0.25, 0.3) is 0 Å². The first kappa shape index (κ1) is 12.3. The van der Waals surface area contributed by atoms with Crippen molar-refractivity contribution in [3.8, 4) is 11.5 Å². The molecule has 0 bridgehead atoms. The average molecular weight is 267 g/mol. The number of aryl methyl sites for hydroxylation is 1. The maximum absolute atomic E-state index is 5.20. The Morgan fingerprint density at radius 2 is 2.20 bits per heavy atom. The van der Waals surface area contributed by atoms with Crippen LogP contribution in [-0.2, 0) is 6.54 Å². The van der Waals surface area contributed by atoms with Crippen molar-refractivity contribution in [2.45, 2.75) is 13.5 Å². The monoisotopic (exact) mass is 267 g/mol. The third-order valence-electron chi connectivity index (χ3n) is 2.92. The molecule has 100 valence electrons. The summed E-state index contributed by atoms with van der Waals surface area (Å²) in [7, 11) is 0. The SMILES string of the molecule is Cc1ccc(-c2nnco2)cc1NCc1cnccn1. The van der Waals surface area contributed by atoms with Crippen molar-refractivity contribution < 1.29 is 4.42 Å². The zero-order chi connectivity index (χ0) is 13.8. The van der Waals surface area contributed by atoms with Crippen LogP contribution in [0.15, 0.2) is 47.6 Å². The fourth-order valence-electron chi connectivity index (χ4n) is 1.85. The third kappa shape index (κ3) is 2.64. The summed E-state index contributed by atoms with van der Waals surface area (Å²) in [6.45, 7) is 2.65. The molecule has 0 saturated carbocycles. The summed E-state index contributed by atoms with van der Waals surface area (Å²) in [5, 5.41) is 10.9. The minimum atomic E-state index is 0.507. The molecule has 1 aromatic carbocycles. The van der Waals surface area contributed by atoms with Gasteiger partial charge in [-0.1, -0.05) is 6.07 Å². The smallest absolute Gasteiger partial charge is 0.247 e. The lowest BCUT2D eigenvalue weighted by molar-refractivity contribution is 0.568. The lowest BCUT2D eigenvalue weighted by atomic mass is 10.1. The van der Waals surface area contributed by atoms with Crippen molar-refractivity contribution in [2.24, 2.45) is 0 Å². The van der Waals surface area contributed by atoms with E-state index in [1.165, 1.54) is 6.39 Å². The number of nitrogens with one attached hydrogen (secondary N) is 1. The van der Waals surface area contributed by atoms with Crippen LogP contribution in [0.1, 0.15) is 11.3 Å². The molecule has 20 heavy (non-hydrogen) atoms. The quantitative estimate of drug-likeness (QED) is 0.782. The molecule has 2 heterocycles. The Balaban J connectivity index is 1.80. The summed E-state index contributed by atoms with van der Waals surface area (Å²) in [4.78, 5) is 8.27. The van der Waals surface area contributed by atoms with E-state index in [2.05, 4.69) is 25.5 Å². The van der Waals surface area contributed by atoms with Gasteiger partial charge < -0.3 is 9.73 Å². The van der Waals surface area contributed by atoms with Crippen LogP contribution < -0.4 is 5.32 Å². The first-order valence-electron chi connectivity index (χ1n) is 6.19. The van der Waals surface area contributed by atoms with E-state index in [1.807, 2.05) is 25.1 Å². The van der Waals surface area contributed by atoms with E-state index < -0.39 is 0 Å². The molecule has 6 heteroatoms. The number of nitrogens with zero attached hydrogens (tertiary/aromatic N) is 4. The van der Waals surface area contributed by atoms with Gasteiger partial charge in [0.15, 0.2) is 0 Å². The van der Waals surface area contributed by atoms with Crippen LogP contribution >= 0.6 is 0 Å². The van der Waals surface area contributed by atoms with Gasteiger partial charge in [-0.3, -0.25) is 9.97 Å². The Morgan fingerprint density at radius 3 is 2.95 bits per heavy atom. The summed E-state index contributed by atoms with van der Waals surface area (Å²) in [5.74, 6) is 0.507. The van der Waals surface area contributed by atoms with Gasteiger partial charge >= 0.3 is 0 Å². The lowest BCUT2D eigenvalue weighted by Crippen LogP contribution is -2.03. The van der Waals surface area contributed by atoms with Crippen LogP contribution in [0.25, 0.3) is 11.5 Å². The normalized spacial score (nSPS) is 10.4. The highest BCUT2D eigenvalue weighted by molar-refractivity contribution is 5.64. The van der Waals surface area contributed by atoms with E-state index in [4.69, 9.17) is 4.42 Å². The molecule has 0 fully saturated rings. The molecule has 0 aliphatic carbocycles. The minimum absolute atomic E-state index is 0.507. The largest absolute Gasteiger partial charge is 0.423 e. The van der Waals surface area contributed by atoms with E-state index in [1.54, 1.807) is 18.6 Å². The fraction of sp³-hybridized carbons (Fsp3) is 0.143. The standard InChI is InChI=1S/C14H13N5O/c1-10-2-3-11(14-19-18-9-20-14)6-13(10)17-8-12-7-15-4-5-16-12/h2-7,9,17H,8H2,1H3. The Kier molecular flexibility index (Phi) is 3.36. The molecular formula is C14H13N5O. The third-order valence-corrected chi connectivity index (χ3v) is 2.92. The van der Waals surface area contributed by atoms with Crippen LogP contribution in [0.4, 0.5) is 5.69 Å². The van der Waals surface area contributed by atoms with Crippen LogP contribution in [0.3, 0.4) is 0 Å². The van der Waals surface area contributed by atoms with Crippen molar-refractivity contribution >= 4 is 5.69 Å². The second kappa shape index (κ2) is 5.48. The van der Waals surface area contributed by atoms with Gasteiger partial charge in [0.1, 0.15) is 0 Å². The van der Waals surface area contributed by atoms with Gasteiger partial charge in [-0.2, -0.15) is 0 Å². The first-order valence-corrected chi connectivity index (χ1v) is 6.19. The fourth-order valence-corrected chi connectivity index (χ4v) is 1.85. The van der Waals surface area contributed by atoms with E-state index in [9.17, 15) is 0 Å². The highest BCUT2D eigenvalue weighted by atomic mass is 16.4. The maximum Gasteiger partial charge on any atom is 0.247 e. The van der Waals surface area contributed by atoms with Crippen molar-refractivity contribution in [1.82, 2.24) is 20.2 Å². The number of rotatable bonds is 4. The van der Waals surface area contributed by atoms with Gasteiger partial charge in [0.2, 0.25) is 12.3 Å². The van der Waals surface area contributed by atoms with Crippen LogP contribution in [0.2, 0.25) is 0 Å². The molecule has 2 aromatic heterocycles. The summed E-state index contributed by atoms with van der Waals surface area (Å²) in [6.07, 6.45) is 6.40. The molecule has 0 atom stereocenters. The predicted molar refractivity (Wildman–Crippen MR) is 73.8 cm³/mol. The van der Waals surface area contributed by atoms with Crippen molar-refractivity contribution in [1.29, 1.82) is 0 Å². The molecule has 0 spiro atoms. The second-order valence-electron chi connectivity index (χ2n) is 4.32. The molecule has 0 radical (unpaired) electrons. The number of benzene rings is 1. The van der Waals surface area contributed by atoms with Gasteiger partial charge in [0, 0.05) is 23.6 Å². The molecule has 0 unspecified atom stereocenters. The van der Waals surface area contributed by atoms with Crippen molar-refractivity contribution in [2.75, 3.05) is 5.32 Å². The van der Waals surface area contributed by atoms with Gasteiger partial charge in [0.05, 0.1) is 18.4 Å². The van der Waals surface area contributed by atoms with Crippen molar-refractivity contribution in [3.05, 3.63) is 54.4 Å². The molecule has 1 N–H and O–H groups in total. The first-order chi connectivity index (χ1) is 9.83. The summed E-state index contributed by atoms with van der Waals surface area (Å²) < 4.78 is 5.20. The average Bonchev–Trinajstić information content (AvgIpc) is 3.02.